The van der Waals surface area contributed by atoms with Gasteiger partial charge in [-0.2, -0.15) is 5.10 Å². The molecule has 0 unspecified atom stereocenters. The first-order chi connectivity index (χ1) is 9.63. The van der Waals surface area contributed by atoms with Crippen LogP contribution in [0.2, 0.25) is 0 Å². The third-order valence-corrected chi connectivity index (χ3v) is 3.45. The summed E-state index contributed by atoms with van der Waals surface area (Å²) >= 11 is 2.28. The quantitative estimate of drug-likeness (QED) is 0.486. The SMILES string of the molecule is CN(C)Cc1ccc(/C=N/Nc2ccc(I)cc2)cc1. The van der Waals surface area contributed by atoms with Crippen LogP contribution in [0.3, 0.4) is 0 Å². The summed E-state index contributed by atoms with van der Waals surface area (Å²) < 4.78 is 1.22. The fraction of sp³-hybridized carbons (Fsp3) is 0.188. The molecule has 0 saturated heterocycles. The minimum absolute atomic E-state index is 0.957. The molecule has 2 aromatic rings. The van der Waals surface area contributed by atoms with Crippen molar-refractivity contribution < 1.29 is 0 Å². The van der Waals surface area contributed by atoms with Crippen molar-refractivity contribution in [3.05, 3.63) is 63.2 Å². The number of nitrogens with one attached hydrogen (secondary N) is 1. The molecule has 3 nitrogen and oxygen atoms in total. The number of benzene rings is 2. The number of hydrogen-bond acceptors (Lipinski definition) is 3. The van der Waals surface area contributed by atoms with Crippen LogP contribution in [0.1, 0.15) is 11.1 Å². The van der Waals surface area contributed by atoms with Crippen LogP contribution >= 0.6 is 22.6 Å². The third-order valence-electron chi connectivity index (χ3n) is 2.73. The van der Waals surface area contributed by atoms with Crippen molar-refractivity contribution in [2.24, 2.45) is 5.10 Å². The molecule has 104 valence electrons. The second kappa shape index (κ2) is 7.40. The zero-order valence-electron chi connectivity index (χ0n) is 11.7. The summed E-state index contributed by atoms with van der Waals surface area (Å²) in [6, 6.07) is 16.6. The molecule has 0 atom stereocenters. The Balaban J connectivity index is 1.92. The predicted molar refractivity (Wildman–Crippen MR) is 94.2 cm³/mol. The molecule has 2 aromatic carbocycles. The summed E-state index contributed by atoms with van der Waals surface area (Å²) in [4.78, 5) is 2.15. The van der Waals surface area contributed by atoms with E-state index in [9.17, 15) is 0 Å². The lowest BCUT2D eigenvalue weighted by molar-refractivity contribution is 0.402. The predicted octanol–water partition coefficient (Wildman–Crippen LogP) is 3.80. The first kappa shape index (κ1) is 15.0. The Bertz CT molecular complexity index is 559. The summed E-state index contributed by atoms with van der Waals surface area (Å²) in [5.41, 5.74) is 6.41. The molecule has 0 bridgehead atoms. The van der Waals surface area contributed by atoms with Gasteiger partial charge in [0.05, 0.1) is 11.9 Å². The molecule has 0 aromatic heterocycles. The van der Waals surface area contributed by atoms with E-state index in [-0.39, 0.29) is 0 Å². The average molecular weight is 379 g/mol. The van der Waals surface area contributed by atoms with Crippen LogP contribution in [0.25, 0.3) is 0 Å². The Hall–Kier alpha value is -1.40. The molecule has 0 aliphatic heterocycles. The number of hydrazone groups is 1. The van der Waals surface area contributed by atoms with Crippen molar-refractivity contribution in [3.63, 3.8) is 0 Å². The van der Waals surface area contributed by atoms with E-state index in [1.54, 1.807) is 0 Å². The lowest BCUT2D eigenvalue weighted by atomic mass is 10.1. The van der Waals surface area contributed by atoms with Crippen molar-refractivity contribution in [3.8, 4) is 0 Å². The molecule has 0 saturated carbocycles. The monoisotopic (exact) mass is 379 g/mol. The number of nitrogens with zero attached hydrogens (tertiary/aromatic N) is 2. The first-order valence-electron chi connectivity index (χ1n) is 6.42. The number of rotatable bonds is 5. The Morgan fingerprint density at radius 1 is 1.05 bits per heavy atom. The molecule has 4 heteroatoms. The van der Waals surface area contributed by atoms with Crippen molar-refractivity contribution in [1.29, 1.82) is 0 Å². The minimum atomic E-state index is 0.957. The molecular formula is C16H18IN3. The molecular weight excluding hydrogens is 361 g/mol. The van der Waals surface area contributed by atoms with Crippen molar-refractivity contribution in [1.82, 2.24) is 4.90 Å². The molecule has 0 fully saturated rings. The summed E-state index contributed by atoms with van der Waals surface area (Å²) in [5, 5.41) is 4.24. The van der Waals surface area contributed by atoms with Gasteiger partial charge in [0.1, 0.15) is 0 Å². The van der Waals surface area contributed by atoms with Crippen LogP contribution in [-0.4, -0.2) is 25.2 Å². The van der Waals surface area contributed by atoms with E-state index in [1.807, 2.05) is 18.3 Å². The van der Waals surface area contributed by atoms with E-state index in [4.69, 9.17) is 0 Å². The van der Waals surface area contributed by atoms with Crippen molar-refractivity contribution >= 4 is 34.5 Å². The maximum absolute atomic E-state index is 4.24. The van der Waals surface area contributed by atoms with Gasteiger partial charge in [-0.15, -0.1) is 0 Å². The summed E-state index contributed by atoms with van der Waals surface area (Å²) in [5.74, 6) is 0. The lowest BCUT2D eigenvalue weighted by Crippen LogP contribution is -2.10. The largest absolute Gasteiger partial charge is 0.305 e. The highest BCUT2D eigenvalue weighted by Crippen LogP contribution is 2.11. The first-order valence-corrected chi connectivity index (χ1v) is 7.50. The molecule has 0 heterocycles. The smallest absolute Gasteiger partial charge is 0.0562 e. The van der Waals surface area contributed by atoms with Crippen LogP contribution in [0.5, 0.6) is 0 Å². The lowest BCUT2D eigenvalue weighted by Gasteiger charge is -2.09. The van der Waals surface area contributed by atoms with E-state index in [0.29, 0.717) is 0 Å². The van der Waals surface area contributed by atoms with Crippen LogP contribution in [0.15, 0.2) is 53.6 Å². The molecule has 0 aliphatic carbocycles. The van der Waals surface area contributed by atoms with E-state index in [1.165, 1.54) is 9.13 Å². The van der Waals surface area contributed by atoms with E-state index in [2.05, 4.69) is 88.5 Å². The van der Waals surface area contributed by atoms with Gasteiger partial charge in [0.25, 0.3) is 0 Å². The zero-order chi connectivity index (χ0) is 14.4. The highest BCUT2D eigenvalue weighted by Gasteiger charge is 1.95. The highest BCUT2D eigenvalue weighted by atomic mass is 127. The van der Waals surface area contributed by atoms with Gasteiger partial charge in [-0.3, -0.25) is 5.43 Å². The van der Waals surface area contributed by atoms with Crippen LogP contribution in [0.4, 0.5) is 5.69 Å². The fourth-order valence-corrected chi connectivity index (χ4v) is 2.14. The topological polar surface area (TPSA) is 27.6 Å². The Morgan fingerprint density at radius 3 is 2.30 bits per heavy atom. The maximum atomic E-state index is 4.24. The molecule has 0 radical (unpaired) electrons. The summed E-state index contributed by atoms with van der Waals surface area (Å²) in [7, 11) is 4.14. The summed E-state index contributed by atoms with van der Waals surface area (Å²) in [6.45, 7) is 0.957. The molecule has 0 aliphatic rings. The molecule has 20 heavy (non-hydrogen) atoms. The van der Waals surface area contributed by atoms with Gasteiger partial charge >= 0.3 is 0 Å². The van der Waals surface area contributed by atoms with Gasteiger partial charge in [-0.25, -0.2) is 0 Å². The molecule has 1 N–H and O–H groups in total. The third kappa shape index (κ3) is 4.94. The van der Waals surface area contributed by atoms with Gasteiger partial charge in [0.15, 0.2) is 0 Å². The fourth-order valence-electron chi connectivity index (χ4n) is 1.78. The van der Waals surface area contributed by atoms with Crippen LogP contribution in [0, 0.1) is 3.57 Å². The van der Waals surface area contributed by atoms with E-state index >= 15 is 0 Å². The van der Waals surface area contributed by atoms with Gasteiger partial charge in [-0.05, 0) is 72.1 Å². The highest BCUT2D eigenvalue weighted by molar-refractivity contribution is 14.1. The van der Waals surface area contributed by atoms with Crippen LogP contribution < -0.4 is 5.43 Å². The van der Waals surface area contributed by atoms with Crippen molar-refractivity contribution in [2.75, 3.05) is 19.5 Å². The Kier molecular flexibility index (Phi) is 5.55. The van der Waals surface area contributed by atoms with E-state index < -0.39 is 0 Å². The van der Waals surface area contributed by atoms with Crippen LogP contribution in [-0.2, 0) is 6.54 Å². The van der Waals surface area contributed by atoms with E-state index in [0.717, 1.165) is 17.8 Å². The van der Waals surface area contributed by atoms with Crippen molar-refractivity contribution in [2.45, 2.75) is 6.54 Å². The Labute approximate surface area is 133 Å². The maximum Gasteiger partial charge on any atom is 0.0562 e. The second-order valence-corrected chi connectivity index (χ2v) is 6.10. The minimum Gasteiger partial charge on any atom is -0.305 e. The molecule has 2 rings (SSSR count). The number of hydrogen-bond donors (Lipinski definition) is 1. The standard InChI is InChI=1S/C16H18IN3/c1-20(2)12-14-5-3-13(4-6-14)11-18-19-16-9-7-15(17)8-10-16/h3-11,19H,12H2,1-2H3/b18-11+. The number of halogens is 1. The van der Waals surface area contributed by atoms with Gasteiger partial charge in [-0.1, -0.05) is 24.3 Å². The second-order valence-electron chi connectivity index (χ2n) is 4.86. The number of anilines is 1. The zero-order valence-corrected chi connectivity index (χ0v) is 13.8. The molecule has 0 amide bonds. The Morgan fingerprint density at radius 2 is 1.70 bits per heavy atom. The normalized spacial score (nSPS) is 11.2. The average Bonchev–Trinajstić information content (AvgIpc) is 2.42. The summed E-state index contributed by atoms with van der Waals surface area (Å²) in [6.07, 6.45) is 1.83. The van der Waals surface area contributed by atoms with Gasteiger partial charge in [0, 0.05) is 10.1 Å². The van der Waals surface area contributed by atoms with Gasteiger partial charge in [0.2, 0.25) is 0 Å². The molecule has 0 spiro atoms. The van der Waals surface area contributed by atoms with Gasteiger partial charge < -0.3 is 4.90 Å².